The maximum atomic E-state index is 12.4. The zero-order chi connectivity index (χ0) is 19.6. The monoisotopic (exact) mass is 380 g/mol. The molecule has 0 unspecified atom stereocenters. The van der Waals surface area contributed by atoms with Crippen LogP contribution in [0.2, 0.25) is 0 Å². The van der Waals surface area contributed by atoms with Gasteiger partial charge >= 0.3 is 5.97 Å². The predicted molar refractivity (Wildman–Crippen MR) is 107 cm³/mol. The van der Waals surface area contributed by atoms with Crippen LogP contribution in [0.1, 0.15) is 26.3 Å². The summed E-state index contributed by atoms with van der Waals surface area (Å²) in [5.41, 5.74) is 0.930. The van der Waals surface area contributed by atoms with Crippen molar-refractivity contribution in [2.75, 3.05) is 5.32 Å². The Hall–Kier alpha value is -3.45. The number of hydrogen-bond acceptors (Lipinski definition) is 4. The van der Waals surface area contributed by atoms with Gasteiger partial charge in [0.05, 0.1) is 0 Å². The first-order valence-corrected chi connectivity index (χ1v) is 8.44. The molecule has 136 valence electrons. The minimum absolute atomic E-state index is 0.0228. The minimum atomic E-state index is -1.26. The Labute approximate surface area is 160 Å². The summed E-state index contributed by atoms with van der Waals surface area (Å²) < 4.78 is 0. The van der Waals surface area contributed by atoms with Crippen molar-refractivity contribution in [1.82, 2.24) is 5.32 Å². The van der Waals surface area contributed by atoms with Gasteiger partial charge in [-0.25, -0.2) is 4.79 Å². The van der Waals surface area contributed by atoms with E-state index in [1.807, 2.05) is 30.3 Å². The number of aromatic carboxylic acids is 1. The molecule has 0 fully saturated rings. The van der Waals surface area contributed by atoms with E-state index in [1.165, 1.54) is 12.1 Å². The molecule has 0 spiro atoms. The molecule has 0 aromatic heterocycles. The Morgan fingerprint density at radius 2 is 1.70 bits per heavy atom. The molecule has 3 aromatic rings. The molecule has 7 heteroatoms. The second kappa shape index (κ2) is 7.43. The van der Waals surface area contributed by atoms with Crippen molar-refractivity contribution in [3.63, 3.8) is 0 Å². The van der Waals surface area contributed by atoms with Gasteiger partial charge in [-0.1, -0.05) is 30.3 Å². The summed E-state index contributed by atoms with van der Waals surface area (Å²) >= 11 is 5.14. The first-order valence-electron chi connectivity index (χ1n) is 8.03. The number of thiocarbonyl (C=S) groups is 1. The maximum absolute atomic E-state index is 12.4. The number of anilines is 1. The van der Waals surface area contributed by atoms with Crippen molar-refractivity contribution in [2.24, 2.45) is 0 Å². The Morgan fingerprint density at radius 3 is 2.41 bits per heavy atom. The Balaban J connectivity index is 1.75. The molecule has 4 N–H and O–H groups in total. The summed E-state index contributed by atoms with van der Waals surface area (Å²) in [6.45, 7) is 1.57. The number of benzene rings is 3. The van der Waals surface area contributed by atoms with E-state index in [4.69, 9.17) is 17.3 Å². The van der Waals surface area contributed by atoms with Crippen LogP contribution in [-0.4, -0.2) is 27.2 Å². The van der Waals surface area contributed by atoms with E-state index in [0.29, 0.717) is 16.8 Å². The van der Waals surface area contributed by atoms with Crippen molar-refractivity contribution in [3.05, 3.63) is 71.3 Å². The zero-order valence-electron chi connectivity index (χ0n) is 14.3. The molecule has 0 aliphatic carbocycles. The van der Waals surface area contributed by atoms with Gasteiger partial charge in [0, 0.05) is 11.3 Å². The average molecular weight is 380 g/mol. The topological polar surface area (TPSA) is 98.7 Å². The number of aryl methyl sites for hydroxylation is 1. The SMILES string of the molecule is Cc1cc(NC(=S)NC(=O)c2ccc3ccccc3c2)cc(C(=O)O)c1O. The van der Waals surface area contributed by atoms with E-state index in [9.17, 15) is 14.7 Å². The third-order valence-corrected chi connectivity index (χ3v) is 4.23. The molecular formula is C20H16N2O4S. The molecule has 27 heavy (non-hydrogen) atoms. The number of hydrogen-bond donors (Lipinski definition) is 4. The molecule has 0 saturated heterocycles. The highest BCUT2D eigenvalue weighted by atomic mass is 32.1. The number of carbonyl (C=O) groups is 2. The molecule has 1 amide bonds. The van der Waals surface area contributed by atoms with Crippen molar-refractivity contribution in [1.29, 1.82) is 0 Å². The van der Waals surface area contributed by atoms with Crippen LogP contribution in [0.5, 0.6) is 5.75 Å². The van der Waals surface area contributed by atoms with Crippen LogP contribution in [0.4, 0.5) is 5.69 Å². The van der Waals surface area contributed by atoms with E-state index in [2.05, 4.69) is 10.6 Å². The van der Waals surface area contributed by atoms with Gasteiger partial charge in [0.2, 0.25) is 0 Å². The fourth-order valence-corrected chi connectivity index (χ4v) is 2.89. The summed E-state index contributed by atoms with van der Waals surface area (Å²) in [6.07, 6.45) is 0. The van der Waals surface area contributed by atoms with Gasteiger partial charge in [0.15, 0.2) is 5.11 Å². The van der Waals surface area contributed by atoms with Crippen LogP contribution < -0.4 is 10.6 Å². The highest BCUT2D eigenvalue weighted by Crippen LogP contribution is 2.26. The van der Waals surface area contributed by atoms with Crippen LogP contribution in [0.15, 0.2) is 54.6 Å². The van der Waals surface area contributed by atoms with Crippen LogP contribution in [0.3, 0.4) is 0 Å². The molecule has 3 aromatic carbocycles. The second-order valence-corrected chi connectivity index (χ2v) is 6.37. The van der Waals surface area contributed by atoms with E-state index >= 15 is 0 Å². The quantitative estimate of drug-likeness (QED) is 0.409. The third-order valence-electron chi connectivity index (χ3n) is 4.03. The van der Waals surface area contributed by atoms with Gasteiger partial charge in [0.25, 0.3) is 5.91 Å². The summed E-state index contributed by atoms with van der Waals surface area (Å²) in [6, 6.07) is 15.8. The molecular weight excluding hydrogens is 364 g/mol. The third kappa shape index (κ3) is 4.04. The molecule has 6 nitrogen and oxygen atoms in total. The lowest BCUT2D eigenvalue weighted by Gasteiger charge is -2.12. The van der Waals surface area contributed by atoms with Gasteiger partial charge in [-0.15, -0.1) is 0 Å². The number of rotatable bonds is 3. The predicted octanol–water partition coefficient (Wildman–Crippen LogP) is 3.68. The number of amides is 1. The first kappa shape index (κ1) is 18.3. The van der Waals surface area contributed by atoms with Gasteiger partial charge in [-0.3, -0.25) is 10.1 Å². The van der Waals surface area contributed by atoms with Crippen molar-refractivity contribution in [3.8, 4) is 5.75 Å². The van der Waals surface area contributed by atoms with Gasteiger partial charge in [-0.2, -0.15) is 0 Å². The number of carboxylic acids is 1. The molecule has 3 rings (SSSR count). The Kier molecular flexibility index (Phi) is 5.05. The lowest BCUT2D eigenvalue weighted by Crippen LogP contribution is -2.34. The zero-order valence-corrected chi connectivity index (χ0v) is 15.1. The lowest BCUT2D eigenvalue weighted by molar-refractivity contribution is 0.0693. The molecule has 0 aliphatic rings. The lowest BCUT2D eigenvalue weighted by atomic mass is 10.1. The summed E-state index contributed by atoms with van der Waals surface area (Å²) in [7, 11) is 0. The summed E-state index contributed by atoms with van der Waals surface area (Å²) in [5.74, 6) is -1.95. The standard InChI is InChI=1S/C20H16N2O4S/c1-11-8-15(10-16(17(11)23)19(25)26)21-20(27)22-18(24)14-7-6-12-4-2-3-5-13(12)9-14/h2-10,23H,1H3,(H,25,26)(H2,21,22,24,27). The Bertz CT molecular complexity index is 1080. The number of carboxylic acid groups (broad SMARTS) is 1. The summed E-state index contributed by atoms with van der Waals surface area (Å²) in [4.78, 5) is 23.6. The highest BCUT2D eigenvalue weighted by molar-refractivity contribution is 7.80. The van der Waals surface area contributed by atoms with E-state index in [1.54, 1.807) is 19.1 Å². The second-order valence-electron chi connectivity index (χ2n) is 5.96. The van der Waals surface area contributed by atoms with E-state index in [0.717, 1.165) is 10.8 Å². The number of aromatic hydroxyl groups is 1. The van der Waals surface area contributed by atoms with Crippen LogP contribution in [0, 0.1) is 6.92 Å². The fourth-order valence-electron chi connectivity index (χ4n) is 2.68. The Morgan fingerprint density at radius 1 is 1.00 bits per heavy atom. The first-order chi connectivity index (χ1) is 12.8. The number of carbonyl (C=O) groups excluding carboxylic acids is 1. The molecule has 0 radical (unpaired) electrons. The number of nitrogens with one attached hydrogen (secondary N) is 2. The maximum Gasteiger partial charge on any atom is 0.339 e. The fraction of sp³-hybridized carbons (Fsp3) is 0.0500. The van der Waals surface area contributed by atoms with Crippen molar-refractivity contribution >= 4 is 45.7 Å². The summed E-state index contributed by atoms with van der Waals surface area (Å²) in [5, 5.41) is 26.2. The van der Waals surface area contributed by atoms with Crippen molar-refractivity contribution in [2.45, 2.75) is 6.92 Å². The van der Waals surface area contributed by atoms with Crippen LogP contribution in [-0.2, 0) is 0 Å². The average Bonchev–Trinajstić information content (AvgIpc) is 2.63. The largest absolute Gasteiger partial charge is 0.507 e. The van der Waals surface area contributed by atoms with Gasteiger partial charge in [-0.05, 0) is 59.7 Å². The van der Waals surface area contributed by atoms with Crippen LogP contribution >= 0.6 is 12.2 Å². The van der Waals surface area contributed by atoms with Gasteiger partial charge < -0.3 is 15.5 Å². The number of fused-ring (bicyclic) bond motifs is 1. The highest BCUT2D eigenvalue weighted by Gasteiger charge is 2.15. The molecule has 0 heterocycles. The van der Waals surface area contributed by atoms with E-state index < -0.39 is 5.97 Å². The van der Waals surface area contributed by atoms with Crippen molar-refractivity contribution < 1.29 is 19.8 Å². The minimum Gasteiger partial charge on any atom is -0.507 e. The van der Waals surface area contributed by atoms with E-state index in [-0.39, 0.29) is 22.3 Å². The smallest absolute Gasteiger partial charge is 0.339 e. The molecule has 0 bridgehead atoms. The van der Waals surface area contributed by atoms with Gasteiger partial charge in [0.1, 0.15) is 11.3 Å². The molecule has 0 atom stereocenters. The molecule has 0 aliphatic heterocycles. The normalized spacial score (nSPS) is 10.4. The number of phenols is 1. The molecule has 0 saturated carbocycles. The van der Waals surface area contributed by atoms with Crippen LogP contribution in [0.25, 0.3) is 10.8 Å².